The molecule has 1 aromatic carbocycles. The van der Waals surface area contributed by atoms with Crippen LogP contribution in [0.1, 0.15) is 87.6 Å². The van der Waals surface area contributed by atoms with Gasteiger partial charge in [-0.2, -0.15) is 0 Å². The summed E-state index contributed by atoms with van der Waals surface area (Å²) in [5, 5.41) is 10.6. The molecule has 1 aliphatic heterocycles. The molecule has 1 heterocycles. The Morgan fingerprint density at radius 1 is 0.603 bits per heavy atom. The van der Waals surface area contributed by atoms with Crippen molar-refractivity contribution < 1.29 is 52.7 Å². The van der Waals surface area contributed by atoms with E-state index in [1.807, 2.05) is 113 Å². The highest BCUT2D eigenvalue weighted by atomic mass is 16.6. The number of benzene rings is 1. The zero-order valence-electron chi connectivity index (χ0n) is 37.1. The number of carbonyl (C=O) groups is 4. The van der Waals surface area contributed by atoms with E-state index in [2.05, 4.69) is 0 Å². The summed E-state index contributed by atoms with van der Waals surface area (Å²) in [6.45, 7) is 24.2. The van der Waals surface area contributed by atoms with Gasteiger partial charge in [0.2, 0.25) is 0 Å². The Morgan fingerprint density at radius 2 is 1.00 bits per heavy atom. The number of carboxylic acid groups (broad SMARTS) is 1. The number of rotatable bonds is 20. The molecule has 15 nitrogen and oxygen atoms in total. The van der Waals surface area contributed by atoms with Crippen molar-refractivity contribution >= 4 is 23.9 Å². The lowest BCUT2D eigenvalue weighted by Crippen LogP contribution is -2.52. The van der Waals surface area contributed by atoms with E-state index in [0.717, 1.165) is 11.3 Å². The fourth-order valence-corrected chi connectivity index (χ4v) is 6.30. The molecular formula is C43H74N4O11. The summed E-state index contributed by atoms with van der Waals surface area (Å²) in [5.41, 5.74) is -0.924. The Hall–Kier alpha value is -3.34. The van der Waals surface area contributed by atoms with Gasteiger partial charge in [0.25, 0.3) is 0 Å². The maximum absolute atomic E-state index is 13.1. The second kappa shape index (κ2) is 25.3. The van der Waals surface area contributed by atoms with Crippen molar-refractivity contribution in [1.29, 1.82) is 0 Å². The standard InChI is InChI=1S/C43H74N4O11/c1-11-53-27-28-54-29-30-55-35-17-15-34(16-18-35)13-12-14-36(40(51)52)47-25-23-45(32-38(49)57-42(5,6)7)21-19-44(31-37(48)56-41(2,3)4)20-22-46(24-26-47)33-39(50)58-43(8,9)10/h15-18,36H,11-14,19-33H2,1-10H3,(H,51,52). The quantitative estimate of drug-likeness (QED) is 0.114. The fourth-order valence-electron chi connectivity index (χ4n) is 6.30. The van der Waals surface area contributed by atoms with E-state index >= 15 is 0 Å². The lowest BCUT2D eigenvalue weighted by molar-refractivity contribution is -0.158. The molecule has 0 saturated carbocycles. The molecule has 1 N–H and O–H groups in total. The highest BCUT2D eigenvalue weighted by Gasteiger charge is 2.29. The van der Waals surface area contributed by atoms with Crippen molar-refractivity contribution in [2.75, 3.05) is 105 Å². The van der Waals surface area contributed by atoms with Gasteiger partial charge in [-0.3, -0.25) is 38.8 Å². The van der Waals surface area contributed by atoms with Gasteiger partial charge in [-0.05, 0) is 106 Å². The van der Waals surface area contributed by atoms with Crippen LogP contribution in [0.25, 0.3) is 0 Å². The van der Waals surface area contributed by atoms with Gasteiger partial charge in [-0.25, -0.2) is 0 Å². The van der Waals surface area contributed by atoms with Crippen molar-refractivity contribution in [1.82, 2.24) is 19.6 Å². The molecule has 0 bridgehead atoms. The van der Waals surface area contributed by atoms with E-state index in [-0.39, 0.29) is 37.5 Å². The number of hydrogen-bond donors (Lipinski definition) is 1. The van der Waals surface area contributed by atoms with E-state index in [1.54, 1.807) is 0 Å². The van der Waals surface area contributed by atoms with E-state index in [1.165, 1.54) is 0 Å². The second-order valence-electron chi connectivity index (χ2n) is 17.7. The third-order valence-corrected chi connectivity index (χ3v) is 8.85. The molecule has 0 spiro atoms. The van der Waals surface area contributed by atoms with Gasteiger partial charge in [0.15, 0.2) is 0 Å². The summed E-state index contributed by atoms with van der Waals surface area (Å²) in [6, 6.07) is 7.00. The minimum absolute atomic E-state index is 0.00848. The maximum Gasteiger partial charge on any atom is 0.320 e. The van der Waals surface area contributed by atoms with Crippen LogP contribution in [0, 0.1) is 0 Å². The average molecular weight is 823 g/mol. The fraction of sp³-hybridized carbons (Fsp3) is 0.767. The SMILES string of the molecule is CCOCCOCCOc1ccc(CCCC(C(=O)O)N2CCN(CC(=O)OC(C)(C)C)CCN(CC(=O)OC(C)(C)C)CCN(CC(=O)OC(C)(C)C)CC2)cc1. The Kier molecular flexibility index (Phi) is 22.2. The first-order chi connectivity index (χ1) is 27.1. The number of esters is 3. The molecule has 2 rings (SSSR count). The molecule has 58 heavy (non-hydrogen) atoms. The molecule has 0 radical (unpaired) electrons. The highest BCUT2D eigenvalue weighted by molar-refractivity contribution is 5.74. The lowest BCUT2D eigenvalue weighted by atomic mass is 10.0. The second-order valence-corrected chi connectivity index (χ2v) is 17.7. The van der Waals surface area contributed by atoms with Crippen LogP contribution < -0.4 is 4.74 Å². The summed E-state index contributed by atoms with van der Waals surface area (Å²) in [4.78, 5) is 59.9. The highest BCUT2D eigenvalue weighted by Crippen LogP contribution is 2.18. The van der Waals surface area contributed by atoms with Crippen LogP contribution in [0.3, 0.4) is 0 Å². The molecule has 1 unspecified atom stereocenters. The molecule has 0 amide bonds. The first-order valence-electron chi connectivity index (χ1n) is 20.8. The van der Waals surface area contributed by atoms with Crippen LogP contribution in [-0.2, 0) is 49.3 Å². The predicted octanol–water partition coefficient (Wildman–Crippen LogP) is 4.14. The van der Waals surface area contributed by atoms with Crippen molar-refractivity contribution in [2.24, 2.45) is 0 Å². The van der Waals surface area contributed by atoms with Gasteiger partial charge in [-0.1, -0.05) is 12.1 Å². The van der Waals surface area contributed by atoms with Crippen LogP contribution in [0.2, 0.25) is 0 Å². The summed E-state index contributed by atoms with van der Waals surface area (Å²) >= 11 is 0. The smallest absolute Gasteiger partial charge is 0.320 e. The Morgan fingerprint density at radius 3 is 1.40 bits per heavy atom. The van der Waals surface area contributed by atoms with Crippen molar-refractivity contribution in [2.45, 2.75) is 111 Å². The number of carboxylic acids is 1. The molecule has 1 saturated heterocycles. The molecule has 0 aromatic heterocycles. The van der Waals surface area contributed by atoms with Gasteiger partial charge in [-0.15, -0.1) is 0 Å². The van der Waals surface area contributed by atoms with Crippen LogP contribution in [-0.4, -0.2) is 176 Å². The predicted molar refractivity (Wildman–Crippen MR) is 222 cm³/mol. The maximum atomic E-state index is 13.1. The molecule has 1 aliphatic rings. The Bertz CT molecular complexity index is 1330. The number of aliphatic carboxylic acids is 1. The minimum atomic E-state index is -0.930. The molecule has 1 aromatic rings. The molecule has 332 valence electrons. The lowest BCUT2D eigenvalue weighted by Gasteiger charge is -2.36. The summed E-state index contributed by atoms with van der Waals surface area (Å²) in [5.74, 6) is -1.33. The van der Waals surface area contributed by atoms with Crippen molar-refractivity contribution in [3.05, 3.63) is 29.8 Å². The van der Waals surface area contributed by atoms with E-state index < -0.39 is 28.8 Å². The number of carbonyl (C=O) groups excluding carboxylic acids is 3. The van der Waals surface area contributed by atoms with Crippen molar-refractivity contribution in [3.8, 4) is 5.75 Å². The largest absolute Gasteiger partial charge is 0.491 e. The van der Waals surface area contributed by atoms with Gasteiger partial charge in [0, 0.05) is 59.0 Å². The molecule has 1 atom stereocenters. The van der Waals surface area contributed by atoms with Crippen molar-refractivity contribution in [3.63, 3.8) is 0 Å². The molecule has 1 fully saturated rings. The van der Waals surface area contributed by atoms with Gasteiger partial charge in [0.05, 0.1) is 39.5 Å². The Balaban J connectivity index is 2.24. The number of nitrogens with zero attached hydrogens (tertiary/aromatic N) is 4. The summed E-state index contributed by atoms with van der Waals surface area (Å²) in [6.07, 6.45) is 1.71. The van der Waals surface area contributed by atoms with Crippen LogP contribution in [0.15, 0.2) is 24.3 Å². The normalized spacial score (nSPS) is 16.8. The number of ether oxygens (including phenoxy) is 6. The summed E-state index contributed by atoms with van der Waals surface area (Å²) < 4.78 is 33.5. The third kappa shape index (κ3) is 23.9. The molecular weight excluding hydrogens is 748 g/mol. The zero-order chi connectivity index (χ0) is 43.4. The van der Waals surface area contributed by atoms with Crippen LogP contribution in [0.4, 0.5) is 0 Å². The van der Waals surface area contributed by atoms with Crippen LogP contribution >= 0.6 is 0 Å². The first kappa shape index (κ1) is 50.8. The monoisotopic (exact) mass is 823 g/mol. The van der Waals surface area contributed by atoms with E-state index in [4.69, 9.17) is 28.4 Å². The zero-order valence-corrected chi connectivity index (χ0v) is 37.1. The number of hydrogen-bond acceptors (Lipinski definition) is 14. The van der Waals surface area contributed by atoms with Gasteiger partial charge < -0.3 is 33.5 Å². The van der Waals surface area contributed by atoms with Gasteiger partial charge >= 0.3 is 23.9 Å². The van der Waals surface area contributed by atoms with Gasteiger partial charge in [0.1, 0.15) is 35.2 Å². The molecule has 0 aliphatic carbocycles. The molecule has 15 heteroatoms. The topological polar surface area (TPSA) is 157 Å². The summed E-state index contributed by atoms with van der Waals surface area (Å²) in [7, 11) is 0. The van der Waals surface area contributed by atoms with Crippen LogP contribution in [0.5, 0.6) is 5.75 Å². The number of aryl methyl sites for hydroxylation is 1. The average Bonchev–Trinajstić information content (AvgIpc) is 3.08. The third-order valence-electron chi connectivity index (χ3n) is 8.85. The van der Waals surface area contributed by atoms with E-state index in [9.17, 15) is 24.3 Å². The first-order valence-corrected chi connectivity index (χ1v) is 20.8. The van der Waals surface area contributed by atoms with E-state index in [0.29, 0.717) is 105 Å². The minimum Gasteiger partial charge on any atom is -0.491 e. The Labute approximate surface area is 347 Å².